The van der Waals surface area contributed by atoms with Gasteiger partial charge in [0.25, 0.3) is 10.0 Å². The summed E-state index contributed by atoms with van der Waals surface area (Å²) in [6.45, 7) is 1.46. The van der Waals surface area contributed by atoms with E-state index in [-0.39, 0.29) is 16.1 Å². The molecule has 172 valence electrons. The molecular weight excluding hydrogens is 443 g/mol. The first-order valence-corrected chi connectivity index (χ1v) is 12.2. The van der Waals surface area contributed by atoms with Gasteiger partial charge in [-0.05, 0) is 73.2 Å². The maximum absolute atomic E-state index is 13.2. The predicted molar refractivity (Wildman–Crippen MR) is 126 cm³/mol. The molecule has 6 nitrogen and oxygen atoms in total. The first-order chi connectivity index (χ1) is 15.8. The van der Waals surface area contributed by atoms with Gasteiger partial charge in [0.05, 0.1) is 21.8 Å². The molecule has 33 heavy (non-hydrogen) atoms. The lowest BCUT2D eigenvalue weighted by atomic mass is 9.90. The summed E-state index contributed by atoms with van der Waals surface area (Å²) in [7, 11) is -4.02. The van der Waals surface area contributed by atoms with Gasteiger partial charge >= 0.3 is 5.97 Å². The van der Waals surface area contributed by atoms with Crippen LogP contribution in [0.1, 0.15) is 28.8 Å². The number of carboxylic acid groups (broad SMARTS) is 1. The third kappa shape index (κ3) is 5.51. The Hall–Kier alpha value is -3.39. The second kappa shape index (κ2) is 9.62. The Morgan fingerprint density at radius 2 is 1.67 bits per heavy atom. The summed E-state index contributed by atoms with van der Waals surface area (Å²) in [6, 6.07) is 19.3. The minimum Gasteiger partial charge on any atom is -0.478 e. The van der Waals surface area contributed by atoms with Crippen LogP contribution in [0.4, 0.5) is 15.8 Å². The summed E-state index contributed by atoms with van der Waals surface area (Å²) in [5.41, 5.74) is 2.11. The van der Waals surface area contributed by atoms with Gasteiger partial charge in [0.2, 0.25) is 0 Å². The highest BCUT2D eigenvalue weighted by molar-refractivity contribution is 7.92. The maximum Gasteiger partial charge on any atom is 0.335 e. The number of halogens is 1. The number of hydrogen-bond acceptors (Lipinski definition) is 4. The van der Waals surface area contributed by atoms with Gasteiger partial charge < -0.3 is 10.0 Å². The van der Waals surface area contributed by atoms with E-state index in [0.29, 0.717) is 11.6 Å². The number of anilines is 2. The number of rotatable bonds is 7. The summed E-state index contributed by atoms with van der Waals surface area (Å²) in [6.07, 6.45) is 2.89. The number of hydrogen-bond donors (Lipinski definition) is 2. The van der Waals surface area contributed by atoms with Gasteiger partial charge in [0, 0.05) is 13.1 Å². The molecule has 0 aliphatic carbocycles. The molecule has 3 aromatic carbocycles. The van der Waals surface area contributed by atoms with Crippen molar-refractivity contribution in [1.29, 1.82) is 0 Å². The lowest BCUT2D eigenvalue weighted by Gasteiger charge is -2.35. The topological polar surface area (TPSA) is 86.7 Å². The zero-order chi connectivity index (χ0) is 23.4. The number of piperidine rings is 1. The zero-order valence-corrected chi connectivity index (χ0v) is 18.8. The summed E-state index contributed by atoms with van der Waals surface area (Å²) < 4.78 is 41.5. The minimum absolute atomic E-state index is 0.0190. The van der Waals surface area contributed by atoms with Crippen LogP contribution in [0.15, 0.2) is 77.7 Å². The van der Waals surface area contributed by atoms with Crippen molar-refractivity contribution < 1.29 is 22.7 Å². The van der Waals surface area contributed by atoms with Gasteiger partial charge in [-0.3, -0.25) is 4.72 Å². The highest BCUT2D eigenvalue weighted by atomic mass is 32.2. The van der Waals surface area contributed by atoms with Gasteiger partial charge in [-0.25, -0.2) is 17.6 Å². The molecule has 4 rings (SSSR count). The molecule has 0 atom stereocenters. The van der Waals surface area contributed by atoms with Crippen molar-refractivity contribution in [2.24, 2.45) is 5.92 Å². The Bertz CT molecular complexity index is 1220. The number of aromatic carboxylic acids is 1. The molecular formula is C25H25FN2O4S. The molecule has 0 aromatic heterocycles. The smallest absolute Gasteiger partial charge is 0.335 e. The number of nitrogens with one attached hydrogen (secondary N) is 1. The average molecular weight is 469 g/mol. The van der Waals surface area contributed by atoms with Gasteiger partial charge in [0.15, 0.2) is 0 Å². The van der Waals surface area contributed by atoms with Crippen LogP contribution in [0.25, 0.3) is 0 Å². The normalized spacial score (nSPS) is 14.8. The largest absolute Gasteiger partial charge is 0.478 e. The van der Waals surface area contributed by atoms with Crippen LogP contribution < -0.4 is 9.62 Å². The quantitative estimate of drug-likeness (QED) is 0.521. The Balaban J connectivity index is 1.55. The van der Waals surface area contributed by atoms with E-state index in [9.17, 15) is 22.7 Å². The van der Waals surface area contributed by atoms with Gasteiger partial charge in [-0.15, -0.1) is 0 Å². The van der Waals surface area contributed by atoms with E-state index in [1.54, 1.807) is 6.07 Å². The van der Waals surface area contributed by atoms with E-state index in [0.717, 1.165) is 44.5 Å². The molecule has 1 fully saturated rings. The number of carboxylic acids is 1. The average Bonchev–Trinajstić information content (AvgIpc) is 2.80. The van der Waals surface area contributed by atoms with E-state index < -0.39 is 21.8 Å². The molecule has 0 saturated carbocycles. The molecule has 0 spiro atoms. The van der Waals surface area contributed by atoms with Gasteiger partial charge in [-0.1, -0.05) is 30.3 Å². The molecule has 2 N–H and O–H groups in total. The number of sulfonamides is 1. The zero-order valence-electron chi connectivity index (χ0n) is 17.9. The molecule has 1 heterocycles. The lowest BCUT2D eigenvalue weighted by Crippen LogP contribution is -2.35. The van der Waals surface area contributed by atoms with Crippen molar-refractivity contribution >= 4 is 27.4 Å². The standard InChI is InChI=1S/C25H25FN2O4S/c26-21-7-9-22(10-8-21)33(31,32)27-23-17-20(25(29)30)6-11-24(23)28-14-12-19(13-15-28)16-18-4-2-1-3-5-18/h1-11,17,19,27H,12-16H2,(H,29,30). The Morgan fingerprint density at radius 3 is 2.30 bits per heavy atom. The highest BCUT2D eigenvalue weighted by Crippen LogP contribution is 2.33. The molecule has 0 bridgehead atoms. The van der Waals surface area contributed by atoms with E-state index in [4.69, 9.17) is 0 Å². The van der Waals surface area contributed by atoms with E-state index >= 15 is 0 Å². The van der Waals surface area contributed by atoms with Crippen LogP contribution in [0.2, 0.25) is 0 Å². The molecule has 0 unspecified atom stereocenters. The number of nitrogens with zero attached hydrogens (tertiary/aromatic N) is 1. The first kappa shape index (κ1) is 22.8. The molecule has 1 aliphatic heterocycles. The highest BCUT2D eigenvalue weighted by Gasteiger charge is 2.24. The van der Waals surface area contributed by atoms with Gasteiger partial charge in [0.1, 0.15) is 5.82 Å². The van der Waals surface area contributed by atoms with Crippen molar-refractivity contribution in [2.45, 2.75) is 24.2 Å². The van der Waals surface area contributed by atoms with Crippen molar-refractivity contribution in [3.05, 3.63) is 89.7 Å². The van der Waals surface area contributed by atoms with Crippen LogP contribution in [0, 0.1) is 11.7 Å². The van der Waals surface area contributed by atoms with Crippen molar-refractivity contribution in [3.8, 4) is 0 Å². The maximum atomic E-state index is 13.2. The molecule has 3 aromatic rings. The van der Waals surface area contributed by atoms with E-state index in [2.05, 4.69) is 21.8 Å². The summed E-state index contributed by atoms with van der Waals surface area (Å²) in [5, 5.41) is 9.40. The van der Waals surface area contributed by atoms with Crippen LogP contribution in [-0.4, -0.2) is 32.6 Å². The van der Waals surface area contributed by atoms with E-state index in [1.165, 1.54) is 29.8 Å². The Morgan fingerprint density at radius 1 is 1.00 bits per heavy atom. The Labute approximate surface area is 192 Å². The molecule has 0 amide bonds. The van der Waals surface area contributed by atoms with Gasteiger partial charge in [-0.2, -0.15) is 0 Å². The van der Waals surface area contributed by atoms with Crippen molar-refractivity contribution in [3.63, 3.8) is 0 Å². The molecule has 1 saturated heterocycles. The Kier molecular flexibility index (Phi) is 6.65. The lowest BCUT2D eigenvalue weighted by molar-refractivity contribution is 0.0697. The molecule has 0 radical (unpaired) electrons. The molecule has 1 aliphatic rings. The minimum atomic E-state index is -4.02. The van der Waals surface area contributed by atoms with Crippen LogP contribution >= 0.6 is 0 Å². The second-order valence-electron chi connectivity index (χ2n) is 8.22. The fraction of sp³-hybridized carbons (Fsp3) is 0.240. The number of carbonyl (C=O) groups is 1. The number of benzene rings is 3. The summed E-state index contributed by atoms with van der Waals surface area (Å²) >= 11 is 0. The van der Waals surface area contributed by atoms with Crippen LogP contribution in [0.3, 0.4) is 0 Å². The second-order valence-corrected chi connectivity index (χ2v) is 9.90. The SMILES string of the molecule is O=C(O)c1ccc(N2CCC(Cc3ccccc3)CC2)c(NS(=O)(=O)c2ccc(F)cc2)c1. The van der Waals surface area contributed by atoms with Crippen molar-refractivity contribution in [2.75, 3.05) is 22.7 Å². The monoisotopic (exact) mass is 468 g/mol. The predicted octanol–water partition coefficient (Wildman–Crippen LogP) is 4.78. The summed E-state index contributed by atoms with van der Waals surface area (Å²) in [4.78, 5) is 13.5. The third-order valence-corrected chi connectivity index (χ3v) is 7.32. The fourth-order valence-electron chi connectivity index (χ4n) is 4.17. The van der Waals surface area contributed by atoms with E-state index in [1.807, 2.05) is 18.2 Å². The molecule has 8 heteroatoms. The first-order valence-electron chi connectivity index (χ1n) is 10.8. The van der Waals surface area contributed by atoms with Crippen LogP contribution in [-0.2, 0) is 16.4 Å². The summed E-state index contributed by atoms with van der Waals surface area (Å²) in [5.74, 6) is -1.16. The third-order valence-electron chi connectivity index (χ3n) is 5.93. The fourth-order valence-corrected chi connectivity index (χ4v) is 5.23. The van der Waals surface area contributed by atoms with Crippen LogP contribution in [0.5, 0.6) is 0 Å². The van der Waals surface area contributed by atoms with Crippen molar-refractivity contribution in [1.82, 2.24) is 0 Å².